The molecule has 2 aliphatic rings. The molecule has 0 radical (unpaired) electrons. The highest BCUT2D eigenvalue weighted by molar-refractivity contribution is 5.95. The third-order valence-corrected chi connectivity index (χ3v) is 6.73. The van der Waals surface area contributed by atoms with E-state index in [1.807, 2.05) is 24.3 Å². The van der Waals surface area contributed by atoms with Crippen molar-refractivity contribution in [2.75, 3.05) is 24.5 Å². The molecule has 2 aliphatic heterocycles. The van der Waals surface area contributed by atoms with Gasteiger partial charge in [-0.1, -0.05) is 48.6 Å². The van der Waals surface area contributed by atoms with Gasteiger partial charge in [0.25, 0.3) is 5.91 Å². The predicted octanol–water partition coefficient (Wildman–Crippen LogP) is 5.87. The van der Waals surface area contributed by atoms with Crippen LogP contribution in [0, 0.1) is 0 Å². The first-order valence-corrected chi connectivity index (χ1v) is 11.7. The van der Waals surface area contributed by atoms with Crippen LogP contribution in [0.3, 0.4) is 0 Å². The number of likely N-dealkylation sites (tertiary alicyclic amines) is 1. The number of rotatable bonds is 4. The SMILES string of the molecule is O=C(c1ccc(N2CC=Cc3ccccc32)cc1)N1CCC(O)(c2ccccc2OC(F)(F)F)CC1. The highest BCUT2D eigenvalue weighted by Crippen LogP contribution is 2.40. The van der Waals surface area contributed by atoms with Crippen molar-refractivity contribution in [3.05, 3.63) is 95.6 Å². The first kappa shape index (κ1) is 23.9. The minimum Gasteiger partial charge on any atom is -0.405 e. The van der Waals surface area contributed by atoms with Crippen molar-refractivity contribution in [1.29, 1.82) is 0 Å². The Morgan fingerprint density at radius 2 is 1.58 bits per heavy atom. The Morgan fingerprint density at radius 1 is 0.917 bits per heavy atom. The van der Waals surface area contributed by atoms with E-state index in [0.717, 1.165) is 23.5 Å². The van der Waals surface area contributed by atoms with Crippen molar-refractivity contribution >= 4 is 23.4 Å². The second kappa shape index (κ2) is 9.35. The highest BCUT2D eigenvalue weighted by atomic mass is 19.4. The molecule has 0 saturated carbocycles. The van der Waals surface area contributed by atoms with Crippen molar-refractivity contribution in [3.8, 4) is 5.75 Å². The van der Waals surface area contributed by atoms with Gasteiger partial charge in [-0.15, -0.1) is 13.2 Å². The topological polar surface area (TPSA) is 53.0 Å². The number of benzene rings is 3. The lowest BCUT2D eigenvalue weighted by molar-refractivity contribution is -0.275. The number of amides is 1. The maximum atomic E-state index is 13.1. The fourth-order valence-electron chi connectivity index (χ4n) is 4.88. The normalized spacial score (nSPS) is 17.0. The van der Waals surface area contributed by atoms with Crippen molar-refractivity contribution in [1.82, 2.24) is 4.90 Å². The summed E-state index contributed by atoms with van der Waals surface area (Å²) in [5, 5.41) is 11.2. The molecule has 186 valence electrons. The summed E-state index contributed by atoms with van der Waals surface area (Å²) in [4.78, 5) is 16.9. The zero-order valence-corrected chi connectivity index (χ0v) is 19.4. The molecule has 1 amide bonds. The summed E-state index contributed by atoms with van der Waals surface area (Å²) in [6.07, 6.45) is -0.469. The van der Waals surface area contributed by atoms with Crippen molar-refractivity contribution in [2.45, 2.75) is 24.8 Å². The van der Waals surface area contributed by atoms with Gasteiger partial charge >= 0.3 is 6.36 Å². The van der Waals surface area contributed by atoms with Crippen LogP contribution in [0.15, 0.2) is 78.9 Å². The number of para-hydroxylation sites is 2. The van der Waals surface area contributed by atoms with Crippen LogP contribution < -0.4 is 9.64 Å². The van der Waals surface area contributed by atoms with Gasteiger partial charge in [-0.05, 0) is 54.8 Å². The molecule has 1 saturated heterocycles. The number of hydrogen-bond acceptors (Lipinski definition) is 4. The number of ether oxygens (including phenoxy) is 1. The van der Waals surface area contributed by atoms with E-state index < -0.39 is 17.7 Å². The Bertz CT molecular complexity index is 1280. The minimum atomic E-state index is -4.86. The molecular formula is C28H25F3N2O3. The summed E-state index contributed by atoms with van der Waals surface area (Å²) in [5.41, 5.74) is 2.28. The van der Waals surface area contributed by atoms with Gasteiger partial charge in [-0.2, -0.15) is 0 Å². The van der Waals surface area contributed by atoms with E-state index in [-0.39, 0.29) is 37.4 Å². The average Bonchev–Trinajstić information content (AvgIpc) is 2.88. The number of halogens is 3. The maximum absolute atomic E-state index is 13.1. The van der Waals surface area contributed by atoms with Gasteiger partial charge < -0.3 is 19.6 Å². The summed E-state index contributed by atoms with van der Waals surface area (Å²) < 4.78 is 42.6. The van der Waals surface area contributed by atoms with E-state index in [1.54, 1.807) is 23.1 Å². The molecule has 5 rings (SSSR count). The van der Waals surface area contributed by atoms with Crippen LogP contribution in [0.4, 0.5) is 24.5 Å². The monoisotopic (exact) mass is 494 g/mol. The van der Waals surface area contributed by atoms with Gasteiger partial charge in [0.15, 0.2) is 0 Å². The molecule has 0 aromatic heterocycles. The number of fused-ring (bicyclic) bond motifs is 1. The van der Waals surface area contributed by atoms with E-state index in [0.29, 0.717) is 5.56 Å². The minimum absolute atomic E-state index is 0.0784. The number of nitrogens with zero attached hydrogens (tertiary/aromatic N) is 2. The van der Waals surface area contributed by atoms with Gasteiger partial charge in [0.1, 0.15) is 5.75 Å². The van der Waals surface area contributed by atoms with E-state index >= 15 is 0 Å². The zero-order chi connectivity index (χ0) is 25.3. The van der Waals surface area contributed by atoms with Crippen LogP contribution in [0.25, 0.3) is 6.08 Å². The molecule has 3 aromatic rings. The third kappa shape index (κ3) is 4.81. The zero-order valence-electron chi connectivity index (χ0n) is 19.4. The van der Waals surface area contributed by atoms with Gasteiger partial charge in [-0.3, -0.25) is 4.79 Å². The lowest BCUT2D eigenvalue weighted by Crippen LogP contribution is -2.45. The number of hydrogen-bond donors (Lipinski definition) is 1. The summed E-state index contributed by atoms with van der Waals surface area (Å²) in [5.74, 6) is -0.598. The van der Waals surface area contributed by atoms with E-state index in [1.165, 1.54) is 18.2 Å². The molecule has 0 aliphatic carbocycles. The van der Waals surface area contributed by atoms with E-state index in [2.05, 4.69) is 33.9 Å². The van der Waals surface area contributed by atoms with Gasteiger partial charge in [0.05, 0.1) is 5.60 Å². The first-order valence-electron chi connectivity index (χ1n) is 11.7. The van der Waals surface area contributed by atoms with Crippen molar-refractivity contribution < 1.29 is 27.8 Å². The smallest absolute Gasteiger partial charge is 0.405 e. The summed E-state index contributed by atoms with van der Waals surface area (Å²) in [6, 6.07) is 21.1. The number of aliphatic hydroxyl groups is 1. The fraction of sp³-hybridized carbons (Fsp3) is 0.250. The molecular weight excluding hydrogens is 469 g/mol. The molecule has 0 bridgehead atoms. The largest absolute Gasteiger partial charge is 0.573 e. The number of piperidine rings is 1. The van der Waals surface area contributed by atoms with Crippen LogP contribution in [-0.2, 0) is 5.60 Å². The lowest BCUT2D eigenvalue weighted by atomic mass is 9.83. The van der Waals surface area contributed by atoms with Crippen LogP contribution >= 0.6 is 0 Å². The standard InChI is InChI=1S/C28H25F3N2O3/c29-28(30,31)36-25-10-4-2-8-23(25)27(35)15-18-32(19-16-27)26(34)21-11-13-22(14-12-21)33-17-5-7-20-6-1-3-9-24(20)33/h1-14,35H,15-19H2. The second-order valence-corrected chi connectivity index (χ2v) is 8.99. The van der Waals surface area contributed by atoms with E-state index in [9.17, 15) is 23.1 Å². The predicted molar refractivity (Wildman–Crippen MR) is 131 cm³/mol. The molecule has 1 fully saturated rings. The Labute approximate surface area is 207 Å². The summed E-state index contributed by atoms with van der Waals surface area (Å²) in [6.45, 7) is 1.15. The molecule has 1 N–H and O–H groups in total. The fourth-order valence-corrected chi connectivity index (χ4v) is 4.88. The third-order valence-electron chi connectivity index (χ3n) is 6.73. The number of carbonyl (C=O) groups is 1. The molecule has 0 atom stereocenters. The highest BCUT2D eigenvalue weighted by Gasteiger charge is 2.40. The second-order valence-electron chi connectivity index (χ2n) is 8.99. The number of anilines is 2. The molecule has 2 heterocycles. The summed E-state index contributed by atoms with van der Waals surface area (Å²) >= 11 is 0. The van der Waals surface area contributed by atoms with Gasteiger partial charge in [0, 0.05) is 42.1 Å². The quantitative estimate of drug-likeness (QED) is 0.493. The number of alkyl halides is 3. The lowest BCUT2D eigenvalue weighted by Gasteiger charge is -2.39. The molecule has 5 nitrogen and oxygen atoms in total. The van der Waals surface area contributed by atoms with Crippen LogP contribution in [0.1, 0.15) is 34.3 Å². The molecule has 3 aromatic carbocycles. The average molecular weight is 495 g/mol. The Morgan fingerprint density at radius 3 is 2.31 bits per heavy atom. The Hall–Kier alpha value is -3.78. The molecule has 8 heteroatoms. The summed E-state index contributed by atoms with van der Waals surface area (Å²) in [7, 11) is 0. The van der Waals surface area contributed by atoms with Crippen molar-refractivity contribution in [3.63, 3.8) is 0 Å². The Balaban J connectivity index is 1.27. The molecule has 36 heavy (non-hydrogen) atoms. The number of carbonyl (C=O) groups excluding carboxylic acids is 1. The van der Waals surface area contributed by atoms with E-state index in [4.69, 9.17) is 0 Å². The maximum Gasteiger partial charge on any atom is 0.573 e. The Kier molecular flexibility index (Phi) is 6.22. The molecule has 0 unspecified atom stereocenters. The van der Waals surface area contributed by atoms with Crippen LogP contribution in [0.2, 0.25) is 0 Å². The first-order chi connectivity index (χ1) is 17.2. The van der Waals surface area contributed by atoms with Crippen LogP contribution in [0.5, 0.6) is 5.75 Å². The van der Waals surface area contributed by atoms with Gasteiger partial charge in [-0.25, -0.2) is 0 Å². The van der Waals surface area contributed by atoms with Gasteiger partial charge in [0.2, 0.25) is 0 Å². The molecule has 0 spiro atoms. The van der Waals surface area contributed by atoms with Crippen molar-refractivity contribution in [2.24, 2.45) is 0 Å². The van der Waals surface area contributed by atoms with Crippen LogP contribution in [-0.4, -0.2) is 41.9 Å².